The Hall–Kier alpha value is -2.72. The van der Waals surface area contributed by atoms with Crippen LogP contribution in [0.4, 0.5) is 4.79 Å². The van der Waals surface area contributed by atoms with E-state index in [2.05, 4.69) is 5.32 Å². The number of carbonyl (C=O) groups is 2. The molecule has 0 unspecified atom stereocenters. The maximum Gasteiger partial charge on any atom is 0.528 e. The number of hydrogen-bond donors (Lipinski definition) is 2. The number of carbonyl (C=O) groups excluding carboxylic acids is 2. The van der Waals surface area contributed by atoms with Crippen LogP contribution in [0.2, 0.25) is 0 Å². The van der Waals surface area contributed by atoms with Gasteiger partial charge in [-0.1, -0.05) is 0 Å². The van der Waals surface area contributed by atoms with E-state index in [0.717, 1.165) is 0 Å². The molecule has 2 rings (SSSR count). The minimum Gasteiger partial charge on any atom is -0.493 e. The van der Waals surface area contributed by atoms with Gasteiger partial charge in [0.1, 0.15) is 5.60 Å². The second-order valence-corrected chi connectivity index (χ2v) is 8.15. The number of hydrogen-bond acceptors (Lipinski definition) is 9. The van der Waals surface area contributed by atoms with E-state index in [1.807, 2.05) is 0 Å². The Kier molecular flexibility index (Phi) is 8.35. The quantitative estimate of drug-likeness (QED) is 0.642. The second kappa shape index (κ2) is 10.5. The van der Waals surface area contributed by atoms with Crippen LogP contribution in [-0.4, -0.2) is 74.4 Å². The minimum absolute atomic E-state index is 0.108. The van der Waals surface area contributed by atoms with Crippen LogP contribution in [0.25, 0.3) is 0 Å². The van der Waals surface area contributed by atoms with Gasteiger partial charge in [0.25, 0.3) is 5.91 Å². The van der Waals surface area contributed by atoms with Gasteiger partial charge < -0.3 is 34.2 Å². The van der Waals surface area contributed by atoms with Gasteiger partial charge in [-0.2, -0.15) is 0 Å². The molecule has 2 N–H and O–H groups in total. The second-order valence-electron chi connectivity index (χ2n) is 8.15. The fraction of sp³-hybridized carbons (Fsp3) is 0.619. The number of hydroxylamine groups is 2. The van der Waals surface area contributed by atoms with Gasteiger partial charge >= 0.3 is 6.16 Å². The molecule has 10 nitrogen and oxygen atoms in total. The van der Waals surface area contributed by atoms with Gasteiger partial charge in [0, 0.05) is 12.1 Å². The highest BCUT2D eigenvalue weighted by Crippen LogP contribution is 2.38. The molecule has 0 aliphatic carbocycles. The van der Waals surface area contributed by atoms with E-state index < -0.39 is 29.8 Å². The van der Waals surface area contributed by atoms with E-state index in [4.69, 9.17) is 23.8 Å². The van der Waals surface area contributed by atoms with Crippen LogP contribution >= 0.6 is 0 Å². The summed E-state index contributed by atoms with van der Waals surface area (Å²) in [6.07, 6.45) is -0.619. The molecule has 1 aromatic rings. The number of aliphatic hydroxyl groups excluding tert-OH is 1. The zero-order valence-electron chi connectivity index (χ0n) is 18.9. The van der Waals surface area contributed by atoms with Crippen LogP contribution in [0.3, 0.4) is 0 Å². The lowest BCUT2D eigenvalue weighted by Crippen LogP contribution is -2.49. The van der Waals surface area contributed by atoms with Crippen LogP contribution in [0.5, 0.6) is 17.2 Å². The predicted molar refractivity (Wildman–Crippen MR) is 111 cm³/mol. The predicted octanol–water partition coefficient (Wildman–Crippen LogP) is 2.13. The molecule has 1 heterocycles. The number of methoxy groups -OCH3 is 3. The highest BCUT2D eigenvalue weighted by atomic mass is 16.8. The van der Waals surface area contributed by atoms with Gasteiger partial charge in [-0.25, -0.2) is 4.79 Å². The first-order chi connectivity index (χ1) is 14.6. The minimum atomic E-state index is -0.835. The lowest BCUT2D eigenvalue weighted by Gasteiger charge is -2.27. The molecular formula is C21H32N2O8. The summed E-state index contributed by atoms with van der Waals surface area (Å²) in [4.78, 5) is 30.2. The molecule has 1 amide bonds. The van der Waals surface area contributed by atoms with Gasteiger partial charge in [0.2, 0.25) is 5.75 Å². The van der Waals surface area contributed by atoms with Crippen molar-refractivity contribution in [1.82, 2.24) is 10.4 Å². The molecule has 0 spiro atoms. The van der Waals surface area contributed by atoms with E-state index >= 15 is 0 Å². The monoisotopic (exact) mass is 440 g/mol. The number of aliphatic hydroxyl groups is 1. The molecule has 1 saturated heterocycles. The Morgan fingerprint density at radius 3 is 2.23 bits per heavy atom. The van der Waals surface area contributed by atoms with E-state index in [9.17, 15) is 14.7 Å². The van der Waals surface area contributed by atoms with Gasteiger partial charge in [-0.05, 0) is 45.7 Å². The van der Waals surface area contributed by atoms with Gasteiger partial charge in [0.05, 0.1) is 40.0 Å². The lowest BCUT2D eigenvalue weighted by atomic mass is 10.1. The summed E-state index contributed by atoms with van der Waals surface area (Å²) in [6, 6.07) is 2.38. The Morgan fingerprint density at radius 2 is 1.71 bits per heavy atom. The third-order valence-corrected chi connectivity index (χ3v) is 4.61. The van der Waals surface area contributed by atoms with E-state index in [0.29, 0.717) is 36.6 Å². The third-order valence-electron chi connectivity index (χ3n) is 4.61. The summed E-state index contributed by atoms with van der Waals surface area (Å²) in [5, 5.41) is 14.7. The molecule has 1 aliphatic heterocycles. The van der Waals surface area contributed by atoms with Gasteiger partial charge in [0.15, 0.2) is 11.5 Å². The van der Waals surface area contributed by atoms with Crippen LogP contribution in [0.1, 0.15) is 44.0 Å². The summed E-state index contributed by atoms with van der Waals surface area (Å²) in [7, 11) is 4.39. The largest absolute Gasteiger partial charge is 0.528 e. The van der Waals surface area contributed by atoms with Crippen LogP contribution in [-0.2, 0) is 9.57 Å². The Labute approximate surface area is 182 Å². The van der Waals surface area contributed by atoms with Crippen LogP contribution in [0, 0.1) is 0 Å². The Morgan fingerprint density at radius 1 is 1.10 bits per heavy atom. The zero-order chi connectivity index (χ0) is 23.2. The molecule has 0 saturated carbocycles. The molecule has 0 bridgehead atoms. The van der Waals surface area contributed by atoms with Crippen molar-refractivity contribution in [2.45, 2.75) is 51.4 Å². The van der Waals surface area contributed by atoms with Crippen molar-refractivity contribution in [2.24, 2.45) is 0 Å². The van der Waals surface area contributed by atoms with Gasteiger partial charge in [-0.3, -0.25) is 4.79 Å². The third kappa shape index (κ3) is 6.90. The van der Waals surface area contributed by atoms with E-state index in [1.165, 1.54) is 38.5 Å². The topological polar surface area (TPSA) is 116 Å². The van der Waals surface area contributed by atoms with Crippen LogP contribution in [0.15, 0.2) is 12.1 Å². The number of amides is 1. The average Bonchev–Trinajstić information content (AvgIpc) is 2.86. The van der Waals surface area contributed by atoms with E-state index in [-0.39, 0.29) is 12.1 Å². The maximum atomic E-state index is 12.9. The highest BCUT2D eigenvalue weighted by molar-refractivity contribution is 5.95. The summed E-state index contributed by atoms with van der Waals surface area (Å²) < 4.78 is 21.0. The van der Waals surface area contributed by atoms with Crippen molar-refractivity contribution < 1.29 is 38.5 Å². The molecule has 1 aromatic carbocycles. The SMILES string of the molecule is COc1cc(C(=O)N[C@@H]2CN(OC(=O)OC(C)(C)C)CCC[C@H]2O)cc(OC)c1OC. The van der Waals surface area contributed by atoms with E-state index in [1.54, 1.807) is 20.8 Å². The number of benzene rings is 1. The Bertz CT molecular complexity index is 752. The molecular weight excluding hydrogens is 408 g/mol. The normalized spacial score (nSPS) is 19.7. The van der Waals surface area contributed by atoms with Crippen molar-refractivity contribution in [3.05, 3.63) is 17.7 Å². The summed E-state index contributed by atoms with van der Waals surface area (Å²) >= 11 is 0. The van der Waals surface area contributed by atoms with Crippen molar-refractivity contribution in [2.75, 3.05) is 34.4 Å². The highest BCUT2D eigenvalue weighted by Gasteiger charge is 2.31. The fourth-order valence-corrected chi connectivity index (χ4v) is 3.17. The standard InChI is InChI=1S/C21H32N2O8/c1-21(2,3)30-20(26)31-23-9-7-8-15(24)14(12-23)22-19(25)13-10-16(27-4)18(29-6)17(11-13)28-5/h10-11,14-15,24H,7-9,12H2,1-6H3,(H,22,25)/t14-,15-/m1/s1. The molecule has 0 radical (unpaired) electrons. The first kappa shape index (κ1) is 24.5. The zero-order valence-corrected chi connectivity index (χ0v) is 18.9. The molecule has 174 valence electrons. The lowest BCUT2D eigenvalue weighted by molar-refractivity contribution is -0.144. The van der Waals surface area contributed by atoms with Crippen LogP contribution < -0.4 is 19.5 Å². The fourth-order valence-electron chi connectivity index (χ4n) is 3.17. The molecule has 10 heteroatoms. The molecule has 1 aliphatic rings. The smallest absolute Gasteiger partial charge is 0.493 e. The number of rotatable bonds is 6. The summed E-state index contributed by atoms with van der Waals surface area (Å²) in [5.41, 5.74) is -0.423. The number of ether oxygens (including phenoxy) is 4. The van der Waals surface area contributed by atoms with Crippen molar-refractivity contribution in [1.29, 1.82) is 0 Å². The Balaban J connectivity index is 2.14. The average molecular weight is 440 g/mol. The number of nitrogens with zero attached hydrogens (tertiary/aromatic N) is 1. The number of nitrogens with one attached hydrogen (secondary N) is 1. The molecule has 31 heavy (non-hydrogen) atoms. The summed E-state index contributed by atoms with van der Waals surface area (Å²) in [5.74, 6) is 0.599. The summed E-state index contributed by atoms with van der Waals surface area (Å²) in [6.45, 7) is 5.73. The maximum absolute atomic E-state index is 12.9. The van der Waals surface area contributed by atoms with Crippen molar-refractivity contribution in [3.8, 4) is 17.2 Å². The molecule has 0 aromatic heterocycles. The molecule has 2 atom stereocenters. The molecule has 1 fully saturated rings. The van der Waals surface area contributed by atoms with Crippen molar-refractivity contribution >= 4 is 12.1 Å². The van der Waals surface area contributed by atoms with Crippen molar-refractivity contribution in [3.63, 3.8) is 0 Å². The first-order valence-electron chi connectivity index (χ1n) is 10.0. The first-order valence-corrected chi connectivity index (χ1v) is 10.0. The van der Waals surface area contributed by atoms with Gasteiger partial charge in [-0.15, -0.1) is 5.06 Å².